The molecule has 1 aliphatic heterocycles. The number of ether oxygens (including phenoxy) is 1. The third-order valence-corrected chi connectivity index (χ3v) is 3.57. The number of methoxy groups -OCH3 is 1. The van der Waals surface area contributed by atoms with E-state index in [9.17, 15) is 24.8 Å². The van der Waals surface area contributed by atoms with Crippen LogP contribution in [-0.2, 0) is 14.3 Å². The first kappa shape index (κ1) is 17.1. The molecule has 0 spiro atoms. The monoisotopic (exact) mass is 350 g/mol. The summed E-state index contributed by atoms with van der Waals surface area (Å²) in [6, 6.07) is 3.44. The molecule has 1 aromatic rings. The van der Waals surface area contributed by atoms with Crippen LogP contribution in [0.4, 0.5) is 5.69 Å². The van der Waals surface area contributed by atoms with E-state index in [1.165, 1.54) is 7.11 Å². The van der Waals surface area contributed by atoms with E-state index in [-0.39, 0.29) is 27.1 Å². The fraction of sp³-hybridized carbons (Fsp3) is 0.0769. The summed E-state index contributed by atoms with van der Waals surface area (Å²) < 4.78 is 4.42. The fourth-order valence-electron chi connectivity index (χ4n) is 1.54. The van der Waals surface area contributed by atoms with Crippen molar-refractivity contribution in [1.29, 1.82) is 0 Å². The normalized spacial score (nSPS) is 17.5. The molecule has 0 atom stereocenters. The van der Waals surface area contributed by atoms with Gasteiger partial charge in [-0.15, -0.1) is 5.10 Å². The maximum Gasteiger partial charge on any atom is 0.331 e. The molecule has 1 aliphatic rings. The third kappa shape index (κ3) is 4.16. The molecule has 1 heterocycles. The number of esters is 1. The molecular weight excluding hydrogens is 340 g/mol. The van der Waals surface area contributed by atoms with Gasteiger partial charge in [0.05, 0.1) is 23.2 Å². The predicted molar refractivity (Wildman–Crippen MR) is 85.6 cm³/mol. The van der Waals surface area contributed by atoms with Gasteiger partial charge in [-0.05, 0) is 17.8 Å². The number of amidine groups is 1. The highest BCUT2D eigenvalue weighted by Crippen LogP contribution is 2.24. The quantitative estimate of drug-likeness (QED) is 0.270. The number of non-ortho nitro benzene ring substituents is 1. The number of thioether (sulfide) groups is 1. The van der Waals surface area contributed by atoms with Crippen LogP contribution in [-0.4, -0.2) is 40.4 Å². The van der Waals surface area contributed by atoms with Gasteiger partial charge in [-0.1, -0.05) is 0 Å². The summed E-state index contributed by atoms with van der Waals surface area (Å²) in [6.45, 7) is 0. The first-order chi connectivity index (χ1) is 11.4. The Hall–Kier alpha value is -3.21. The summed E-state index contributed by atoms with van der Waals surface area (Å²) in [5, 5.41) is 30.2. The molecule has 1 saturated heterocycles. The van der Waals surface area contributed by atoms with Crippen molar-refractivity contribution in [1.82, 2.24) is 5.32 Å². The van der Waals surface area contributed by atoms with Gasteiger partial charge in [0.25, 0.3) is 11.6 Å². The Morgan fingerprint density at radius 2 is 2.25 bits per heavy atom. The molecule has 10 nitrogen and oxygen atoms in total. The molecule has 0 saturated carbocycles. The van der Waals surface area contributed by atoms with Gasteiger partial charge >= 0.3 is 5.97 Å². The van der Waals surface area contributed by atoms with Crippen LogP contribution in [0.5, 0.6) is 5.75 Å². The van der Waals surface area contributed by atoms with Gasteiger partial charge in [0.15, 0.2) is 5.17 Å². The lowest BCUT2D eigenvalue weighted by molar-refractivity contribution is -0.384. The number of hydrogen-bond donors (Lipinski definition) is 2. The highest BCUT2D eigenvalue weighted by Gasteiger charge is 2.25. The highest BCUT2D eigenvalue weighted by molar-refractivity contribution is 8.18. The summed E-state index contributed by atoms with van der Waals surface area (Å²) in [7, 11) is 1.18. The molecule has 1 aromatic carbocycles. The van der Waals surface area contributed by atoms with E-state index in [2.05, 4.69) is 20.3 Å². The van der Waals surface area contributed by atoms with Crippen molar-refractivity contribution < 1.29 is 24.4 Å². The topological polar surface area (TPSA) is 143 Å². The van der Waals surface area contributed by atoms with E-state index in [0.717, 1.165) is 42.3 Å². The minimum atomic E-state index is -0.682. The number of hydrogen-bond acceptors (Lipinski definition) is 9. The SMILES string of the molecule is COC(=O)/C=C1\S/C(=N/N=C/c2cc([N+](=O)[O-])ccc2O)NC1=O. The van der Waals surface area contributed by atoms with Crippen LogP contribution in [0.1, 0.15) is 5.56 Å². The van der Waals surface area contributed by atoms with Gasteiger partial charge in [-0.2, -0.15) is 5.10 Å². The number of carbonyl (C=O) groups is 2. The minimum Gasteiger partial charge on any atom is -0.507 e. The molecule has 1 amide bonds. The zero-order valence-corrected chi connectivity index (χ0v) is 12.9. The van der Waals surface area contributed by atoms with Crippen LogP contribution in [0.25, 0.3) is 0 Å². The smallest absolute Gasteiger partial charge is 0.331 e. The molecule has 11 heteroatoms. The summed E-state index contributed by atoms with van der Waals surface area (Å²) in [4.78, 5) is 32.9. The Morgan fingerprint density at radius 1 is 1.50 bits per heavy atom. The van der Waals surface area contributed by atoms with Crippen LogP contribution < -0.4 is 5.32 Å². The largest absolute Gasteiger partial charge is 0.507 e. The van der Waals surface area contributed by atoms with Crippen molar-refractivity contribution >= 4 is 40.7 Å². The molecule has 0 radical (unpaired) electrons. The average Bonchev–Trinajstić information content (AvgIpc) is 2.88. The van der Waals surface area contributed by atoms with Gasteiger partial charge in [0.2, 0.25) is 0 Å². The van der Waals surface area contributed by atoms with Crippen molar-refractivity contribution in [2.75, 3.05) is 7.11 Å². The molecule has 0 unspecified atom stereocenters. The predicted octanol–water partition coefficient (Wildman–Crippen LogP) is 0.910. The van der Waals surface area contributed by atoms with Gasteiger partial charge in [-0.25, -0.2) is 4.79 Å². The summed E-state index contributed by atoms with van der Waals surface area (Å²) in [6.07, 6.45) is 2.11. The highest BCUT2D eigenvalue weighted by atomic mass is 32.2. The minimum absolute atomic E-state index is 0.0909. The summed E-state index contributed by atoms with van der Waals surface area (Å²) in [5.74, 6) is -1.42. The second-order valence-electron chi connectivity index (χ2n) is 4.24. The molecule has 2 N–H and O–H groups in total. The number of phenolic OH excluding ortho intramolecular Hbond substituents is 1. The Labute approximate surface area is 139 Å². The molecular formula is C13H10N4O6S. The number of phenols is 1. The van der Waals surface area contributed by atoms with Crippen molar-refractivity contribution in [3.05, 3.63) is 44.9 Å². The molecule has 1 fully saturated rings. The number of rotatable bonds is 4. The molecule has 24 heavy (non-hydrogen) atoms. The second kappa shape index (κ2) is 7.37. The number of carbonyl (C=O) groups excluding carboxylic acids is 2. The zero-order valence-electron chi connectivity index (χ0n) is 12.1. The van der Waals surface area contributed by atoms with E-state index in [1.807, 2.05) is 0 Å². The van der Waals surface area contributed by atoms with Gasteiger partial charge in [0.1, 0.15) is 5.75 Å². The molecule has 0 bridgehead atoms. The van der Waals surface area contributed by atoms with Gasteiger partial charge < -0.3 is 9.84 Å². The lowest BCUT2D eigenvalue weighted by Crippen LogP contribution is -2.19. The standard InChI is InChI=1S/C13H10N4O6S/c1-23-11(19)5-10-12(20)15-13(24-10)16-14-6-7-4-8(17(21)22)2-3-9(7)18/h2-6,18H,1H3,(H,15,16,20)/b10-5-,14-6+. The lowest BCUT2D eigenvalue weighted by atomic mass is 10.2. The van der Waals surface area contributed by atoms with E-state index >= 15 is 0 Å². The maximum atomic E-state index is 11.6. The van der Waals surface area contributed by atoms with Crippen LogP contribution in [0.3, 0.4) is 0 Å². The molecule has 0 aromatic heterocycles. The molecule has 124 valence electrons. The molecule has 2 rings (SSSR count). The number of aromatic hydroxyl groups is 1. The third-order valence-electron chi connectivity index (χ3n) is 2.67. The Bertz CT molecular complexity index is 802. The zero-order chi connectivity index (χ0) is 17.7. The van der Waals surface area contributed by atoms with Crippen LogP contribution in [0.2, 0.25) is 0 Å². The Morgan fingerprint density at radius 3 is 2.92 bits per heavy atom. The van der Waals surface area contributed by atoms with Crippen LogP contribution in [0, 0.1) is 10.1 Å². The summed E-state index contributed by atoms with van der Waals surface area (Å²) in [5.41, 5.74) is -0.123. The van der Waals surface area contributed by atoms with Crippen molar-refractivity contribution in [3.8, 4) is 5.75 Å². The maximum absolute atomic E-state index is 11.6. The Balaban J connectivity index is 2.14. The first-order valence-electron chi connectivity index (χ1n) is 6.28. The number of benzene rings is 1. The van der Waals surface area contributed by atoms with Crippen LogP contribution >= 0.6 is 11.8 Å². The molecule has 0 aliphatic carbocycles. The van der Waals surface area contributed by atoms with Crippen molar-refractivity contribution in [2.24, 2.45) is 10.2 Å². The van der Waals surface area contributed by atoms with Crippen molar-refractivity contribution in [2.45, 2.75) is 0 Å². The van der Waals surface area contributed by atoms with Crippen LogP contribution in [0.15, 0.2) is 39.4 Å². The fourth-order valence-corrected chi connectivity index (χ4v) is 2.28. The first-order valence-corrected chi connectivity index (χ1v) is 7.09. The van der Waals surface area contributed by atoms with E-state index in [4.69, 9.17) is 0 Å². The number of nitrogens with one attached hydrogen (secondary N) is 1. The van der Waals surface area contributed by atoms with E-state index in [0.29, 0.717) is 0 Å². The van der Waals surface area contributed by atoms with Gasteiger partial charge in [-0.3, -0.25) is 20.2 Å². The number of nitrogens with zero attached hydrogens (tertiary/aromatic N) is 3. The van der Waals surface area contributed by atoms with Gasteiger partial charge in [0, 0.05) is 23.8 Å². The summed E-state index contributed by atoms with van der Waals surface area (Å²) >= 11 is 0.875. The van der Waals surface area contributed by atoms with Crippen molar-refractivity contribution in [3.63, 3.8) is 0 Å². The Kier molecular flexibility index (Phi) is 5.27. The van der Waals surface area contributed by atoms with E-state index in [1.54, 1.807) is 0 Å². The number of nitro groups is 1. The average molecular weight is 350 g/mol. The lowest BCUT2D eigenvalue weighted by Gasteiger charge is -1.97. The number of amides is 1. The second-order valence-corrected chi connectivity index (χ2v) is 5.27. The van der Waals surface area contributed by atoms with E-state index < -0.39 is 16.8 Å². The number of nitro benzene ring substituents is 1.